The fourth-order valence-corrected chi connectivity index (χ4v) is 2.17. The Morgan fingerprint density at radius 1 is 0.778 bits per heavy atom. The van der Waals surface area contributed by atoms with Crippen LogP contribution in [0.2, 0.25) is 0 Å². The van der Waals surface area contributed by atoms with Gasteiger partial charge in [0.2, 0.25) is 0 Å². The highest BCUT2D eigenvalue weighted by Gasteiger charge is 2.16. The lowest BCUT2D eigenvalue weighted by atomic mass is 9.75. The number of aryl methyl sites for hydroxylation is 1. The van der Waals surface area contributed by atoms with Crippen molar-refractivity contribution in [2.45, 2.75) is 20.8 Å². The molecule has 92 valence electrons. The van der Waals surface area contributed by atoms with Crippen molar-refractivity contribution in [2.75, 3.05) is 0 Å². The standard InChI is InChI=1S/C15H17BO2/c1-10-4-6-13(7-5-10)14-8-9-15(16(17)18)12(3)11(14)2/h4-9,17-18H,1-3H3. The molecule has 0 aliphatic heterocycles. The van der Waals surface area contributed by atoms with Crippen LogP contribution >= 0.6 is 0 Å². The topological polar surface area (TPSA) is 40.5 Å². The van der Waals surface area contributed by atoms with E-state index in [2.05, 4.69) is 31.2 Å². The Hall–Kier alpha value is -1.58. The molecule has 0 saturated heterocycles. The minimum atomic E-state index is -1.41. The molecule has 2 rings (SSSR count). The number of hydrogen-bond acceptors (Lipinski definition) is 2. The van der Waals surface area contributed by atoms with Gasteiger partial charge >= 0.3 is 7.12 Å². The van der Waals surface area contributed by atoms with Crippen LogP contribution in [0.15, 0.2) is 36.4 Å². The third-order valence-electron chi connectivity index (χ3n) is 3.47. The predicted octanol–water partition coefficient (Wildman–Crippen LogP) is 1.96. The van der Waals surface area contributed by atoms with Gasteiger partial charge < -0.3 is 10.0 Å². The molecule has 0 bridgehead atoms. The molecule has 0 saturated carbocycles. The maximum absolute atomic E-state index is 9.28. The normalized spacial score (nSPS) is 10.5. The summed E-state index contributed by atoms with van der Waals surface area (Å²) in [4.78, 5) is 0. The zero-order chi connectivity index (χ0) is 13.3. The van der Waals surface area contributed by atoms with E-state index in [1.165, 1.54) is 5.56 Å². The van der Waals surface area contributed by atoms with Gasteiger partial charge in [0.15, 0.2) is 0 Å². The van der Waals surface area contributed by atoms with Crippen molar-refractivity contribution in [2.24, 2.45) is 0 Å². The first-order valence-corrected chi connectivity index (χ1v) is 6.04. The number of hydrogen-bond donors (Lipinski definition) is 2. The van der Waals surface area contributed by atoms with Gasteiger partial charge in [-0.05, 0) is 48.5 Å². The Kier molecular flexibility index (Phi) is 3.55. The molecule has 0 amide bonds. The molecular weight excluding hydrogens is 223 g/mol. The Bertz CT molecular complexity index is 559. The molecule has 0 aromatic heterocycles. The predicted molar refractivity (Wildman–Crippen MR) is 75.9 cm³/mol. The maximum Gasteiger partial charge on any atom is 0.488 e. The quantitative estimate of drug-likeness (QED) is 0.788. The average molecular weight is 240 g/mol. The van der Waals surface area contributed by atoms with E-state index in [0.29, 0.717) is 5.46 Å². The summed E-state index contributed by atoms with van der Waals surface area (Å²) in [5.41, 5.74) is 6.11. The molecule has 0 aliphatic rings. The second-order valence-electron chi connectivity index (χ2n) is 4.69. The molecular formula is C15H17BO2. The van der Waals surface area contributed by atoms with Crippen molar-refractivity contribution in [3.63, 3.8) is 0 Å². The molecule has 2 aromatic rings. The minimum absolute atomic E-state index is 0.573. The van der Waals surface area contributed by atoms with Crippen LogP contribution in [0.25, 0.3) is 11.1 Å². The molecule has 3 heteroatoms. The van der Waals surface area contributed by atoms with Crippen LogP contribution in [-0.4, -0.2) is 17.2 Å². The smallest absolute Gasteiger partial charge is 0.423 e. The number of rotatable bonds is 2. The van der Waals surface area contributed by atoms with Gasteiger partial charge in [-0.15, -0.1) is 0 Å². The third-order valence-corrected chi connectivity index (χ3v) is 3.47. The van der Waals surface area contributed by atoms with Gasteiger partial charge in [0.25, 0.3) is 0 Å². The van der Waals surface area contributed by atoms with Crippen molar-refractivity contribution >= 4 is 12.6 Å². The van der Waals surface area contributed by atoms with Gasteiger partial charge in [-0.2, -0.15) is 0 Å². The van der Waals surface area contributed by atoms with Crippen molar-refractivity contribution in [3.8, 4) is 11.1 Å². The highest BCUT2D eigenvalue weighted by molar-refractivity contribution is 6.59. The van der Waals surface area contributed by atoms with Gasteiger partial charge in [0, 0.05) is 0 Å². The van der Waals surface area contributed by atoms with E-state index in [0.717, 1.165) is 22.3 Å². The molecule has 2 nitrogen and oxygen atoms in total. The molecule has 0 fully saturated rings. The summed E-state index contributed by atoms with van der Waals surface area (Å²) in [7, 11) is -1.41. The zero-order valence-corrected chi connectivity index (χ0v) is 10.9. The van der Waals surface area contributed by atoms with Crippen LogP contribution < -0.4 is 5.46 Å². The van der Waals surface area contributed by atoms with E-state index in [1.54, 1.807) is 6.07 Å². The van der Waals surface area contributed by atoms with Crippen molar-refractivity contribution in [3.05, 3.63) is 53.1 Å². The van der Waals surface area contributed by atoms with Gasteiger partial charge in [-0.1, -0.05) is 42.0 Å². The summed E-state index contributed by atoms with van der Waals surface area (Å²) in [6, 6.07) is 12.1. The molecule has 0 unspecified atom stereocenters. The minimum Gasteiger partial charge on any atom is -0.423 e. The lowest BCUT2D eigenvalue weighted by Gasteiger charge is -2.13. The van der Waals surface area contributed by atoms with E-state index in [9.17, 15) is 10.0 Å². The molecule has 0 radical (unpaired) electrons. The van der Waals surface area contributed by atoms with Crippen molar-refractivity contribution < 1.29 is 10.0 Å². The molecule has 0 aliphatic carbocycles. The van der Waals surface area contributed by atoms with Crippen LogP contribution in [0.3, 0.4) is 0 Å². The van der Waals surface area contributed by atoms with Crippen molar-refractivity contribution in [1.82, 2.24) is 0 Å². The number of benzene rings is 2. The van der Waals surface area contributed by atoms with Crippen molar-refractivity contribution in [1.29, 1.82) is 0 Å². The zero-order valence-electron chi connectivity index (χ0n) is 10.9. The molecule has 2 N–H and O–H groups in total. The van der Waals surface area contributed by atoms with Crippen LogP contribution in [0, 0.1) is 20.8 Å². The second kappa shape index (κ2) is 4.97. The summed E-state index contributed by atoms with van der Waals surface area (Å²) in [6.07, 6.45) is 0. The SMILES string of the molecule is Cc1ccc(-c2ccc(B(O)O)c(C)c2C)cc1. The fourth-order valence-electron chi connectivity index (χ4n) is 2.17. The first kappa shape index (κ1) is 12.9. The lowest BCUT2D eigenvalue weighted by Crippen LogP contribution is -2.32. The summed E-state index contributed by atoms with van der Waals surface area (Å²) in [6.45, 7) is 5.99. The van der Waals surface area contributed by atoms with E-state index in [4.69, 9.17) is 0 Å². The van der Waals surface area contributed by atoms with Gasteiger partial charge in [0.1, 0.15) is 0 Å². The second-order valence-corrected chi connectivity index (χ2v) is 4.69. The van der Waals surface area contributed by atoms with Gasteiger partial charge in [0.05, 0.1) is 0 Å². The molecule has 0 heterocycles. The summed E-state index contributed by atoms with van der Waals surface area (Å²) in [5, 5.41) is 18.6. The maximum atomic E-state index is 9.28. The Balaban J connectivity index is 2.53. The summed E-state index contributed by atoms with van der Waals surface area (Å²) < 4.78 is 0. The summed E-state index contributed by atoms with van der Waals surface area (Å²) in [5.74, 6) is 0. The summed E-state index contributed by atoms with van der Waals surface area (Å²) >= 11 is 0. The van der Waals surface area contributed by atoms with Gasteiger partial charge in [-0.3, -0.25) is 0 Å². The van der Waals surface area contributed by atoms with Crippen LogP contribution in [0.1, 0.15) is 16.7 Å². The lowest BCUT2D eigenvalue weighted by molar-refractivity contribution is 0.425. The molecule has 0 atom stereocenters. The Labute approximate surface area is 108 Å². The fraction of sp³-hybridized carbons (Fsp3) is 0.200. The van der Waals surface area contributed by atoms with E-state index in [-0.39, 0.29) is 0 Å². The van der Waals surface area contributed by atoms with E-state index < -0.39 is 7.12 Å². The van der Waals surface area contributed by atoms with E-state index >= 15 is 0 Å². The first-order valence-electron chi connectivity index (χ1n) is 6.04. The molecule has 2 aromatic carbocycles. The highest BCUT2D eigenvalue weighted by atomic mass is 16.4. The van der Waals surface area contributed by atoms with Crippen LogP contribution in [-0.2, 0) is 0 Å². The Morgan fingerprint density at radius 2 is 1.39 bits per heavy atom. The third kappa shape index (κ3) is 2.33. The van der Waals surface area contributed by atoms with Crippen LogP contribution in [0.4, 0.5) is 0 Å². The first-order chi connectivity index (χ1) is 8.50. The largest absolute Gasteiger partial charge is 0.488 e. The monoisotopic (exact) mass is 240 g/mol. The highest BCUT2D eigenvalue weighted by Crippen LogP contribution is 2.25. The van der Waals surface area contributed by atoms with Gasteiger partial charge in [-0.25, -0.2) is 0 Å². The van der Waals surface area contributed by atoms with Crippen LogP contribution in [0.5, 0.6) is 0 Å². The Morgan fingerprint density at radius 3 is 1.94 bits per heavy atom. The van der Waals surface area contributed by atoms with E-state index in [1.807, 2.05) is 19.9 Å². The molecule has 18 heavy (non-hydrogen) atoms. The average Bonchev–Trinajstić information content (AvgIpc) is 2.33. The molecule has 0 spiro atoms.